The molecule has 2 aliphatic heterocycles. The van der Waals surface area contributed by atoms with Gasteiger partial charge in [-0.05, 0) is 7.05 Å². The molecule has 0 aromatic carbocycles. The first kappa shape index (κ1) is 11.2. The summed E-state index contributed by atoms with van der Waals surface area (Å²) >= 11 is 1.96. The minimum atomic E-state index is 0.307. The minimum absolute atomic E-state index is 0.307. The number of hydrogen-bond acceptors (Lipinski definition) is 4. The SMILES string of the molecule is CN1CCSCC1C(=N)N1CCOCC1. The lowest BCUT2D eigenvalue weighted by Gasteiger charge is -2.38. The summed E-state index contributed by atoms with van der Waals surface area (Å²) in [4.78, 5) is 4.46. The van der Waals surface area contributed by atoms with E-state index in [4.69, 9.17) is 10.1 Å². The van der Waals surface area contributed by atoms with Crippen LogP contribution in [0.1, 0.15) is 0 Å². The highest BCUT2D eigenvalue weighted by molar-refractivity contribution is 7.99. The van der Waals surface area contributed by atoms with E-state index in [9.17, 15) is 0 Å². The van der Waals surface area contributed by atoms with Crippen LogP contribution in [0.5, 0.6) is 0 Å². The summed E-state index contributed by atoms with van der Waals surface area (Å²) in [5.41, 5.74) is 0. The lowest BCUT2D eigenvalue weighted by molar-refractivity contribution is 0.0646. The van der Waals surface area contributed by atoms with Gasteiger partial charge in [-0.3, -0.25) is 10.3 Å². The van der Waals surface area contributed by atoms with Crippen molar-refractivity contribution in [3.8, 4) is 0 Å². The monoisotopic (exact) mass is 229 g/mol. The van der Waals surface area contributed by atoms with Crippen molar-refractivity contribution in [2.45, 2.75) is 6.04 Å². The summed E-state index contributed by atoms with van der Waals surface area (Å²) in [6.45, 7) is 4.40. The summed E-state index contributed by atoms with van der Waals surface area (Å²) in [6.07, 6.45) is 0. The van der Waals surface area contributed by atoms with E-state index in [1.807, 2.05) is 11.8 Å². The van der Waals surface area contributed by atoms with E-state index < -0.39 is 0 Å². The van der Waals surface area contributed by atoms with E-state index >= 15 is 0 Å². The van der Waals surface area contributed by atoms with Crippen molar-refractivity contribution in [2.75, 3.05) is 51.4 Å². The van der Waals surface area contributed by atoms with Gasteiger partial charge in [-0.2, -0.15) is 11.8 Å². The number of rotatable bonds is 1. The fourth-order valence-electron chi connectivity index (χ4n) is 1.99. The maximum Gasteiger partial charge on any atom is 0.115 e. The Hall–Kier alpha value is -0.260. The van der Waals surface area contributed by atoms with Crippen LogP contribution in [0.25, 0.3) is 0 Å². The van der Waals surface area contributed by atoms with Gasteiger partial charge in [-0.1, -0.05) is 0 Å². The Bertz CT molecular complexity index is 231. The molecular weight excluding hydrogens is 210 g/mol. The van der Waals surface area contributed by atoms with Gasteiger partial charge in [-0.15, -0.1) is 0 Å². The summed E-state index contributed by atoms with van der Waals surface area (Å²) in [5, 5.41) is 8.22. The molecule has 5 heteroatoms. The molecule has 0 aromatic rings. The Morgan fingerprint density at radius 1 is 1.33 bits per heavy atom. The van der Waals surface area contributed by atoms with Gasteiger partial charge in [0.25, 0.3) is 0 Å². The van der Waals surface area contributed by atoms with Crippen molar-refractivity contribution in [1.82, 2.24) is 9.80 Å². The molecule has 2 heterocycles. The Kier molecular flexibility index (Phi) is 3.88. The first-order chi connectivity index (χ1) is 7.29. The maximum absolute atomic E-state index is 8.22. The number of amidine groups is 1. The van der Waals surface area contributed by atoms with E-state index in [-0.39, 0.29) is 0 Å². The lowest BCUT2D eigenvalue weighted by Crippen LogP contribution is -2.53. The molecule has 0 amide bonds. The molecule has 1 N–H and O–H groups in total. The standard InChI is InChI=1S/C10H19N3OS/c1-12-4-7-15-8-9(12)10(11)13-2-5-14-6-3-13/h9,11H,2-8H2,1H3. The van der Waals surface area contributed by atoms with Gasteiger partial charge in [0.1, 0.15) is 5.84 Å². The molecule has 2 fully saturated rings. The first-order valence-electron chi connectivity index (χ1n) is 5.48. The van der Waals surface area contributed by atoms with Gasteiger partial charge in [0.2, 0.25) is 0 Å². The second-order valence-corrected chi connectivity index (χ2v) is 5.21. The average molecular weight is 229 g/mol. The Labute approximate surface area is 95.5 Å². The Morgan fingerprint density at radius 2 is 2.07 bits per heavy atom. The van der Waals surface area contributed by atoms with Gasteiger partial charge >= 0.3 is 0 Å². The zero-order valence-electron chi connectivity index (χ0n) is 9.24. The third-order valence-electron chi connectivity index (χ3n) is 3.06. The molecule has 0 aromatic heterocycles. The van der Waals surface area contributed by atoms with E-state index in [1.165, 1.54) is 5.75 Å². The summed E-state index contributed by atoms with van der Waals surface area (Å²) < 4.78 is 5.31. The highest BCUT2D eigenvalue weighted by Crippen LogP contribution is 2.17. The summed E-state index contributed by atoms with van der Waals surface area (Å²) in [7, 11) is 2.12. The van der Waals surface area contributed by atoms with Gasteiger partial charge in [0.15, 0.2) is 0 Å². The molecule has 86 valence electrons. The van der Waals surface area contributed by atoms with E-state index in [1.54, 1.807) is 0 Å². The number of nitrogens with one attached hydrogen (secondary N) is 1. The third kappa shape index (κ3) is 2.65. The third-order valence-corrected chi connectivity index (χ3v) is 4.09. The van der Waals surface area contributed by atoms with Crippen LogP contribution in [-0.4, -0.2) is 73.1 Å². The van der Waals surface area contributed by atoms with Crippen LogP contribution in [0, 0.1) is 5.41 Å². The molecule has 0 saturated carbocycles. The topological polar surface area (TPSA) is 39.6 Å². The molecule has 1 atom stereocenters. The molecule has 4 nitrogen and oxygen atoms in total. The number of morpholine rings is 1. The van der Waals surface area contributed by atoms with E-state index in [0.717, 1.165) is 44.4 Å². The summed E-state index contributed by atoms with van der Waals surface area (Å²) in [5.74, 6) is 3.05. The van der Waals surface area contributed by atoms with Crippen LogP contribution in [0.15, 0.2) is 0 Å². The fraction of sp³-hybridized carbons (Fsp3) is 0.900. The van der Waals surface area contributed by atoms with Gasteiger partial charge in [0, 0.05) is 31.1 Å². The predicted molar refractivity (Wildman–Crippen MR) is 63.9 cm³/mol. The van der Waals surface area contributed by atoms with Crippen LogP contribution in [0.4, 0.5) is 0 Å². The van der Waals surface area contributed by atoms with Crippen molar-refractivity contribution in [1.29, 1.82) is 5.41 Å². The Balaban J connectivity index is 1.92. The molecule has 0 aliphatic carbocycles. The lowest BCUT2D eigenvalue weighted by atomic mass is 10.2. The minimum Gasteiger partial charge on any atom is -0.378 e. The van der Waals surface area contributed by atoms with E-state index in [2.05, 4.69) is 16.8 Å². The van der Waals surface area contributed by atoms with Crippen molar-refractivity contribution in [3.63, 3.8) is 0 Å². The van der Waals surface area contributed by atoms with Crippen molar-refractivity contribution in [3.05, 3.63) is 0 Å². The molecule has 0 spiro atoms. The van der Waals surface area contributed by atoms with Crippen LogP contribution >= 0.6 is 11.8 Å². The van der Waals surface area contributed by atoms with Crippen LogP contribution < -0.4 is 0 Å². The largest absolute Gasteiger partial charge is 0.378 e. The first-order valence-corrected chi connectivity index (χ1v) is 6.63. The fourth-order valence-corrected chi connectivity index (χ4v) is 3.21. The van der Waals surface area contributed by atoms with Gasteiger partial charge in [-0.25, -0.2) is 0 Å². The van der Waals surface area contributed by atoms with Crippen molar-refractivity contribution < 1.29 is 4.74 Å². The zero-order chi connectivity index (χ0) is 10.7. The predicted octanol–water partition coefficient (Wildman–Crippen LogP) is 0.343. The molecule has 2 aliphatic rings. The number of thioether (sulfide) groups is 1. The average Bonchev–Trinajstić information content (AvgIpc) is 2.30. The second-order valence-electron chi connectivity index (χ2n) is 4.06. The van der Waals surface area contributed by atoms with E-state index in [0.29, 0.717) is 6.04 Å². The number of hydrogen-bond donors (Lipinski definition) is 1. The molecule has 0 bridgehead atoms. The normalized spacial score (nSPS) is 29.1. The smallest absolute Gasteiger partial charge is 0.115 e. The van der Waals surface area contributed by atoms with Crippen molar-refractivity contribution in [2.24, 2.45) is 0 Å². The van der Waals surface area contributed by atoms with Crippen LogP contribution in [-0.2, 0) is 4.74 Å². The molecular formula is C10H19N3OS. The summed E-state index contributed by atoms with van der Waals surface area (Å²) in [6, 6.07) is 0.307. The molecule has 1 unspecified atom stereocenters. The molecule has 2 rings (SSSR count). The number of nitrogens with zero attached hydrogens (tertiary/aromatic N) is 2. The maximum atomic E-state index is 8.22. The number of likely N-dealkylation sites (N-methyl/N-ethyl adjacent to an activating group) is 1. The van der Waals surface area contributed by atoms with Crippen molar-refractivity contribution >= 4 is 17.6 Å². The molecule has 15 heavy (non-hydrogen) atoms. The highest BCUT2D eigenvalue weighted by atomic mass is 32.2. The number of ether oxygens (including phenoxy) is 1. The van der Waals surface area contributed by atoms with Crippen LogP contribution in [0.2, 0.25) is 0 Å². The van der Waals surface area contributed by atoms with Gasteiger partial charge in [0.05, 0.1) is 19.3 Å². The molecule has 0 radical (unpaired) electrons. The zero-order valence-corrected chi connectivity index (χ0v) is 10.1. The van der Waals surface area contributed by atoms with Gasteiger partial charge < -0.3 is 9.64 Å². The quantitative estimate of drug-likeness (QED) is 0.520. The van der Waals surface area contributed by atoms with Crippen LogP contribution in [0.3, 0.4) is 0 Å². The highest BCUT2D eigenvalue weighted by Gasteiger charge is 2.27. The Morgan fingerprint density at radius 3 is 2.73 bits per heavy atom. The molecule has 2 saturated heterocycles. The second kappa shape index (κ2) is 5.18.